The second kappa shape index (κ2) is 5.31. The first-order valence-corrected chi connectivity index (χ1v) is 6.33. The Kier molecular flexibility index (Phi) is 3.95. The summed E-state index contributed by atoms with van der Waals surface area (Å²) in [4.78, 5) is 8.53. The van der Waals surface area contributed by atoms with Gasteiger partial charge >= 0.3 is 0 Å². The molecule has 0 saturated carbocycles. The van der Waals surface area contributed by atoms with Crippen molar-refractivity contribution >= 4 is 46.3 Å². The lowest BCUT2D eigenvalue weighted by Crippen LogP contribution is -2.00. The van der Waals surface area contributed by atoms with E-state index in [-0.39, 0.29) is 0 Å². The number of nitrogens with zero attached hydrogens (tertiary/aromatic N) is 2. The lowest BCUT2D eigenvalue weighted by molar-refractivity contribution is 1.05. The van der Waals surface area contributed by atoms with Gasteiger partial charge in [0.1, 0.15) is 0 Å². The van der Waals surface area contributed by atoms with Crippen LogP contribution in [0.15, 0.2) is 18.2 Å². The van der Waals surface area contributed by atoms with Crippen LogP contribution < -0.4 is 5.32 Å². The minimum absolute atomic E-state index is 0.323. The Hall–Kier alpha value is -1.03. The molecule has 2 rings (SSSR count). The molecule has 1 N–H and O–H groups in total. The number of aryl methyl sites for hydroxylation is 2. The Labute approximate surface area is 120 Å². The molecule has 1 aromatic heterocycles. The number of anilines is 2. The molecule has 0 aliphatic carbocycles. The first-order valence-electron chi connectivity index (χ1n) is 5.20. The molecule has 1 heterocycles. The zero-order valence-corrected chi connectivity index (χ0v) is 12.0. The second-order valence-electron chi connectivity index (χ2n) is 3.79. The number of halogens is 3. The second-order valence-corrected chi connectivity index (χ2v) is 4.96. The normalized spacial score (nSPS) is 10.5. The summed E-state index contributed by atoms with van der Waals surface area (Å²) in [6, 6.07) is 5.20. The minimum atomic E-state index is 0.323. The van der Waals surface area contributed by atoms with Gasteiger partial charge in [-0.25, -0.2) is 9.97 Å². The molecule has 0 aliphatic heterocycles. The van der Waals surface area contributed by atoms with Crippen LogP contribution in [0.3, 0.4) is 0 Å². The standard InChI is InChI=1S/C12H10Cl3N3/c1-6-7(2)17-12(11(15)16-6)18-8-3-4-9(13)10(14)5-8/h3-5H,1-2H3,(H,17,18). The molecule has 94 valence electrons. The van der Waals surface area contributed by atoms with Crippen molar-refractivity contribution in [2.75, 3.05) is 5.32 Å². The van der Waals surface area contributed by atoms with Crippen molar-refractivity contribution in [3.63, 3.8) is 0 Å². The van der Waals surface area contributed by atoms with E-state index in [1.807, 2.05) is 13.8 Å². The van der Waals surface area contributed by atoms with E-state index in [9.17, 15) is 0 Å². The van der Waals surface area contributed by atoms with Crippen molar-refractivity contribution in [3.8, 4) is 0 Å². The highest BCUT2D eigenvalue weighted by atomic mass is 35.5. The first kappa shape index (κ1) is 13.4. The van der Waals surface area contributed by atoms with Crippen LogP contribution in [0.25, 0.3) is 0 Å². The minimum Gasteiger partial charge on any atom is -0.338 e. The lowest BCUT2D eigenvalue weighted by Gasteiger charge is -2.09. The molecule has 0 fully saturated rings. The van der Waals surface area contributed by atoms with Crippen LogP contribution in [0.5, 0.6) is 0 Å². The van der Waals surface area contributed by atoms with Crippen molar-refractivity contribution in [3.05, 3.63) is 44.8 Å². The maximum atomic E-state index is 6.03. The number of benzene rings is 1. The van der Waals surface area contributed by atoms with Crippen LogP contribution in [0.1, 0.15) is 11.4 Å². The van der Waals surface area contributed by atoms with Gasteiger partial charge in [-0.2, -0.15) is 0 Å². The SMILES string of the molecule is Cc1nc(Cl)c(Nc2ccc(Cl)c(Cl)c2)nc1C. The Bertz CT molecular complexity index is 599. The summed E-state index contributed by atoms with van der Waals surface area (Å²) in [5, 5.41) is 4.35. The predicted octanol–water partition coefficient (Wildman–Crippen LogP) is 4.80. The molecular formula is C12H10Cl3N3. The van der Waals surface area contributed by atoms with Gasteiger partial charge in [-0.05, 0) is 32.0 Å². The topological polar surface area (TPSA) is 37.8 Å². The van der Waals surface area contributed by atoms with E-state index in [2.05, 4.69) is 15.3 Å². The number of hydrogen-bond donors (Lipinski definition) is 1. The predicted molar refractivity (Wildman–Crippen MR) is 76.3 cm³/mol. The maximum Gasteiger partial charge on any atom is 0.172 e. The van der Waals surface area contributed by atoms with Crippen LogP contribution in [0.4, 0.5) is 11.5 Å². The van der Waals surface area contributed by atoms with Gasteiger partial charge in [0.2, 0.25) is 0 Å². The summed E-state index contributed by atoms with van der Waals surface area (Å²) >= 11 is 17.8. The van der Waals surface area contributed by atoms with Gasteiger partial charge < -0.3 is 5.32 Å². The number of hydrogen-bond acceptors (Lipinski definition) is 3. The fraction of sp³-hybridized carbons (Fsp3) is 0.167. The third-order valence-corrected chi connectivity index (χ3v) is 3.45. The van der Waals surface area contributed by atoms with Crippen molar-refractivity contribution in [2.45, 2.75) is 13.8 Å². The van der Waals surface area contributed by atoms with E-state index in [0.717, 1.165) is 17.1 Å². The summed E-state index contributed by atoms with van der Waals surface area (Å²) in [5.41, 5.74) is 2.38. The summed E-state index contributed by atoms with van der Waals surface area (Å²) in [7, 11) is 0. The molecular weight excluding hydrogens is 293 g/mol. The van der Waals surface area contributed by atoms with E-state index in [1.54, 1.807) is 18.2 Å². The van der Waals surface area contributed by atoms with Crippen molar-refractivity contribution in [1.82, 2.24) is 9.97 Å². The van der Waals surface area contributed by atoms with Crippen molar-refractivity contribution in [2.24, 2.45) is 0 Å². The molecule has 18 heavy (non-hydrogen) atoms. The smallest absolute Gasteiger partial charge is 0.172 e. The summed E-state index contributed by atoms with van der Waals surface area (Å²) in [5.74, 6) is 0.498. The lowest BCUT2D eigenvalue weighted by atomic mass is 10.3. The fourth-order valence-electron chi connectivity index (χ4n) is 1.37. The highest BCUT2D eigenvalue weighted by molar-refractivity contribution is 6.42. The molecule has 0 unspecified atom stereocenters. The molecule has 0 spiro atoms. The average molecular weight is 303 g/mol. The van der Waals surface area contributed by atoms with Crippen LogP contribution in [0, 0.1) is 13.8 Å². The molecule has 0 saturated heterocycles. The van der Waals surface area contributed by atoms with E-state index < -0.39 is 0 Å². The Morgan fingerprint density at radius 1 is 0.944 bits per heavy atom. The monoisotopic (exact) mass is 301 g/mol. The van der Waals surface area contributed by atoms with E-state index in [0.29, 0.717) is 21.0 Å². The van der Waals surface area contributed by atoms with Crippen LogP contribution in [-0.2, 0) is 0 Å². The van der Waals surface area contributed by atoms with Gasteiger partial charge in [-0.1, -0.05) is 34.8 Å². The van der Waals surface area contributed by atoms with Gasteiger partial charge in [0.25, 0.3) is 0 Å². The van der Waals surface area contributed by atoms with Crippen LogP contribution >= 0.6 is 34.8 Å². The van der Waals surface area contributed by atoms with Crippen molar-refractivity contribution < 1.29 is 0 Å². The van der Waals surface area contributed by atoms with E-state index in [1.165, 1.54) is 0 Å². The largest absolute Gasteiger partial charge is 0.338 e. The molecule has 0 radical (unpaired) electrons. The summed E-state index contributed by atoms with van der Waals surface area (Å²) < 4.78 is 0. The zero-order chi connectivity index (χ0) is 13.3. The fourth-order valence-corrected chi connectivity index (χ4v) is 1.88. The molecule has 0 atom stereocenters. The van der Waals surface area contributed by atoms with Gasteiger partial charge in [-0.3, -0.25) is 0 Å². The first-order chi connectivity index (χ1) is 8.47. The molecule has 0 aliphatic rings. The molecule has 0 bridgehead atoms. The molecule has 0 amide bonds. The molecule has 6 heteroatoms. The third-order valence-electron chi connectivity index (χ3n) is 2.45. The van der Waals surface area contributed by atoms with Gasteiger partial charge in [0.15, 0.2) is 11.0 Å². The highest BCUT2D eigenvalue weighted by Gasteiger charge is 2.08. The van der Waals surface area contributed by atoms with Crippen LogP contribution in [-0.4, -0.2) is 9.97 Å². The zero-order valence-electron chi connectivity index (χ0n) is 9.76. The maximum absolute atomic E-state index is 6.03. The molecule has 3 nitrogen and oxygen atoms in total. The Morgan fingerprint density at radius 3 is 2.28 bits per heavy atom. The molecule has 2 aromatic rings. The Balaban J connectivity index is 2.34. The summed E-state index contributed by atoms with van der Waals surface area (Å²) in [6.45, 7) is 3.73. The quantitative estimate of drug-likeness (QED) is 0.866. The third kappa shape index (κ3) is 2.86. The molecule has 1 aromatic carbocycles. The van der Waals surface area contributed by atoms with E-state index >= 15 is 0 Å². The van der Waals surface area contributed by atoms with Crippen molar-refractivity contribution in [1.29, 1.82) is 0 Å². The van der Waals surface area contributed by atoms with Crippen LogP contribution in [0.2, 0.25) is 15.2 Å². The highest BCUT2D eigenvalue weighted by Crippen LogP contribution is 2.28. The van der Waals surface area contributed by atoms with Gasteiger partial charge in [0.05, 0.1) is 21.4 Å². The number of nitrogens with one attached hydrogen (secondary N) is 1. The summed E-state index contributed by atoms with van der Waals surface area (Å²) in [6.07, 6.45) is 0. The number of rotatable bonds is 2. The van der Waals surface area contributed by atoms with Gasteiger partial charge in [0, 0.05) is 5.69 Å². The Morgan fingerprint density at radius 2 is 1.61 bits per heavy atom. The van der Waals surface area contributed by atoms with Gasteiger partial charge in [-0.15, -0.1) is 0 Å². The average Bonchev–Trinajstić information content (AvgIpc) is 2.31. The number of aromatic nitrogens is 2. The van der Waals surface area contributed by atoms with E-state index in [4.69, 9.17) is 34.8 Å².